The lowest BCUT2D eigenvalue weighted by molar-refractivity contribution is 0.217. The van der Waals surface area contributed by atoms with Gasteiger partial charge in [-0.3, -0.25) is 4.79 Å². The van der Waals surface area contributed by atoms with Crippen molar-refractivity contribution in [1.29, 1.82) is 0 Å². The van der Waals surface area contributed by atoms with E-state index in [0.29, 0.717) is 30.3 Å². The van der Waals surface area contributed by atoms with Crippen molar-refractivity contribution in [3.05, 3.63) is 87.2 Å². The molecule has 0 aliphatic carbocycles. The van der Waals surface area contributed by atoms with Crippen LogP contribution < -0.4 is 9.80 Å². The first-order valence-electron chi connectivity index (χ1n) is 13.4. The van der Waals surface area contributed by atoms with Crippen LogP contribution in [0.5, 0.6) is 0 Å². The van der Waals surface area contributed by atoms with Crippen molar-refractivity contribution in [2.24, 2.45) is 0 Å². The Morgan fingerprint density at radius 2 is 1.62 bits per heavy atom. The van der Waals surface area contributed by atoms with Gasteiger partial charge in [0, 0.05) is 55.9 Å². The number of carbonyl (C=O) groups is 1. The molecule has 0 spiro atoms. The molecule has 1 unspecified atom stereocenters. The summed E-state index contributed by atoms with van der Waals surface area (Å²) in [5.41, 5.74) is 4.35. The van der Waals surface area contributed by atoms with Gasteiger partial charge in [0.1, 0.15) is 5.82 Å². The molecule has 2 heterocycles. The molecule has 1 amide bonds. The molecule has 6 nitrogen and oxygen atoms in total. The lowest BCUT2D eigenvalue weighted by Gasteiger charge is -2.36. The van der Waals surface area contributed by atoms with Gasteiger partial charge in [-0.05, 0) is 79.8 Å². The van der Waals surface area contributed by atoms with Crippen molar-refractivity contribution < 1.29 is 17.6 Å². The van der Waals surface area contributed by atoms with Gasteiger partial charge >= 0.3 is 5.24 Å². The van der Waals surface area contributed by atoms with Crippen molar-refractivity contribution in [3.63, 3.8) is 0 Å². The minimum Gasteiger partial charge on any atom is -0.369 e. The number of hydrogen-bond acceptors (Lipinski definition) is 5. The average Bonchev–Trinajstić information content (AvgIpc) is 2.94. The quantitative estimate of drug-likeness (QED) is 0.326. The first-order chi connectivity index (χ1) is 19.0. The lowest BCUT2D eigenvalue weighted by Crippen LogP contribution is -2.50. The Hall–Kier alpha value is -2.81. The van der Waals surface area contributed by atoms with Crippen LogP contribution in [0, 0.1) is 19.7 Å². The summed E-state index contributed by atoms with van der Waals surface area (Å²) in [6.07, 6.45) is 1.75. The highest BCUT2D eigenvalue weighted by atomic mass is 35.5. The molecule has 212 valence electrons. The molecule has 2 saturated heterocycles. The Labute approximate surface area is 245 Å². The molecule has 0 saturated carbocycles. The minimum absolute atomic E-state index is 0.0256. The number of anilines is 2. The molecule has 0 N–H and O–H groups in total. The molecule has 0 radical (unpaired) electrons. The fraction of sp³-hybridized carbons (Fsp3) is 0.367. The van der Waals surface area contributed by atoms with E-state index in [1.165, 1.54) is 17.0 Å². The Bertz CT molecular complexity index is 1540. The van der Waals surface area contributed by atoms with Crippen LogP contribution in [0.25, 0.3) is 0 Å². The van der Waals surface area contributed by atoms with Crippen LogP contribution >= 0.6 is 23.2 Å². The number of hydrogen-bond donors (Lipinski definition) is 0. The first-order valence-corrected chi connectivity index (χ1v) is 15.6. The zero-order valence-corrected chi connectivity index (χ0v) is 24.9. The van der Waals surface area contributed by atoms with Crippen LogP contribution in [0.4, 0.5) is 20.6 Å². The van der Waals surface area contributed by atoms with Gasteiger partial charge in [-0.1, -0.05) is 41.4 Å². The topological polar surface area (TPSA) is 60.9 Å². The van der Waals surface area contributed by atoms with E-state index in [4.69, 9.17) is 23.2 Å². The second-order valence-corrected chi connectivity index (χ2v) is 13.2. The van der Waals surface area contributed by atoms with Gasteiger partial charge in [0.15, 0.2) is 0 Å². The zero-order chi connectivity index (χ0) is 28.6. The Balaban J connectivity index is 1.28. The van der Waals surface area contributed by atoms with Gasteiger partial charge in [0.05, 0.1) is 15.6 Å². The van der Waals surface area contributed by atoms with Crippen LogP contribution in [0.1, 0.15) is 35.4 Å². The molecule has 10 heteroatoms. The summed E-state index contributed by atoms with van der Waals surface area (Å²) in [5.74, 6) is -0.190. The third kappa shape index (κ3) is 5.80. The van der Waals surface area contributed by atoms with E-state index in [1.807, 2.05) is 43.0 Å². The number of amides is 1. The molecule has 0 aromatic heterocycles. The maximum absolute atomic E-state index is 14.6. The fourth-order valence-electron chi connectivity index (χ4n) is 5.64. The van der Waals surface area contributed by atoms with E-state index in [0.717, 1.165) is 41.8 Å². The van der Waals surface area contributed by atoms with Crippen molar-refractivity contribution >= 4 is 49.7 Å². The Morgan fingerprint density at radius 3 is 2.33 bits per heavy atom. The van der Waals surface area contributed by atoms with E-state index in [9.17, 15) is 17.6 Å². The second kappa shape index (κ2) is 11.6. The smallest absolute Gasteiger partial charge is 0.343 e. The molecule has 5 rings (SSSR count). The van der Waals surface area contributed by atoms with Crippen LogP contribution in [-0.4, -0.2) is 57.8 Å². The SMILES string of the molecule is Cc1ccc(N2CCCC(c3ccc(S(=O)(=O)C(=O)N4CCN(c5cc(Cl)ccc5C)CC4)c(Cl)c3)C2)c(F)c1. The normalized spacial score (nSPS) is 18.2. The number of benzene rings is 3. The van der Waals surface area contributed by atoms with E-state index in [2.05, 4.69) is 4.90 Å². The van der Waals surface area contributed by atoms with Crippen LogP contribution in [0.3, 0.4) is 0 Å². The van der Waals surface area contributed by atoms with Crippen molar-refractivity contribution in [2.45, 2.75) is 37.5 Å². The summed E-state index contributed by atoms with van der Waals surface area (Å²) in [7, 11) is -4.32. The van der Waals surface area contributed by atoms with Gasteiger partial charge < -0.3 is 14.7 Å². The highest BCUT2D eigenvalue weighted by Crippen LogP contribution is 2.35. The number of piperidine rings is 1. The van der Waals surface area contributed by atoms with Gasteiger partial charge in [-0.25, -0.2) is 12.8 Å². The van der Waals surface area contributed by atoms with Gasteiger partial charge in [-0.15, -0.1) is 0 Å². The molecule has 0 bridgehead atoms. The molecule has 3 aromatic carbocycles. The Morgan fingerprint density at radius 1 is 0.875 bits per heavy atom. The average molecular weight is 605 g/mol. The van der Waals surface area contributed by atoms with Crippen LogP contribution in [0.2, 0.25) is 10.0 Å². The third-order valence-electron chi connectivity index (χ3n) is 7.86. The summed E-state index contributed by atoms with van der Waals surface area (Å²) in [6.45, 7) is 6.72. The highest BCUT2D eigenvalue weighted by molar-refractivity contribution is 8.06. The number of carbonyl (C=O) groups excluding carboxylic acids is 1. The molecule has 2 fully saturated rings. The number of nitrogens with zero attached hydrogens (tertiary/aromatic N) is 3. The maximum atomic E-state index is 14.6. The predicted molar refractivity (Wildman–Crippen MR) is 159 cm³/mol. The Kier molecular flexibility index (Phi) is 8.32. The van der Waals surface area contributed by atoms with Crippen LogP contribution in [-0.2, 0) is 9.84 Å². The number of sulfone groups is 1. The second-order valence-electron chi connectivity index (χ2n) is 10.6. The third-order valence-corrected chi connectivity index (χ3v) is 10.2. The largest absolute Gasteiger partial charge is 0.369 e. The number of piperazine rings is 1. The first kappa shape index (κ1) is 28.7. The van der Waals surface area contributed by atoms with Crippen LogP contribution in [0.15, 0.2) is 59.5 Å². The van der Waals surface area contributed by atoms with Gasteiger partial charge in [-0.2, -0.15) is 0 Å². The zero-order valence-electron chi connectivity index (χ0n) is 22.5. The van der Waals surface area contributed by atoms with Crippen molar-refractivity contribution in [2.75, 3.05) is 49.1 Å². The molecule has 40 heavy (non-hydrogen) atoms. The van der Waals surface area contributed by atoms with Gasteiger partial charge in [0.2, 0.25) is 0 Å². The standard InChI is InChI=1S/C30H32Cl2FN3O3S/c1-20-5-9-27(26(33)16-20)36-11-3-4-23(19-36)22-7-10-29(25(32)17-22)40(38,39)30(37)35-14-12-34(13-15-35)28-18-24(31)8-6-21(28)2/h5-10,16-18,23H,3-4,11-15,19H2,1-2H3. The van der Waals surface area contributed by atoms with E-state index in [-0.39, 0.29) is 34.7 Å². The molecule has 2 aliphatic rings. The maximum Gasteiger partial charge on any atom is 0.343 e. The highest BCUT2D eigenvalue weighted by Gasteiger charge is 2.35. The van der Waals surface area contributed by atoms with E-state index < -0.39 is 15.1 Å². The molecule has 3 aromatic rings. The molecular formula is C30H32Cl2FN3O3S. The number of rotatable bonds is 4. The lowest BCUT2D eigenvalue weighted by atomic mass is 9.90. The van der Waals surface area contributed by atoms with Crippen molar-refractivity contribution in [3.8, 4) is 0 Å². The van der Waals surface area contributed by atoms with Crippen molar-refractivity contribution in [1.82, 2.24) is 4.90 Å². The molecule has 1 atom stereocenters. The summed E-state index contributed by atoms with van der Waals surface area (Å²) in [4.78, 5) is 18.5. The summed E-state index contributed by atoms with van der Waals surface area (Å²) >= 11 is 12.7. The molecular weight excluding hydrogens is 572 g/mol. The van der Waals surface area contributed by atoms with E-state index >= 15 is 0 Å². The number of aryl methyl sites for hydroxylation is 2. The van der Waals surface area contributed by atoms with Gasteiger partial charge in [0.25, 0.3) is 9.84 Å². The van der Waals surface area contributed by atoms with E-state index in [1.54, 1.807) is 18.2 Å². The number of halogens is 3. The monoisotopic (exact) mass is 603 g/mol. The minimum atomic E-state index is -4.32. The fourth-order valence-corrected chi connectivity index (χ4v) is 7.58. The summed E-state index contributed by atoms with van der Waals surface area (Å²) in [6, 6.07) is 15.7. The predicted octanol–water partition coefficient (Wildman–Crippen LogP) is 6.85. The summed E-state index contributed by atoms with van der Waals surface area (Å²) < 4.78 is 41.3. The molecule has 2 aliphatic heterocycles. The summed E-state index contributed by atoms with van der Waals surface area (Å²) in [5, 5.41) is -0.288.